The van der Waals surface area contributed by atoms with E-state index in [0.29, 0.717) is 17.5 Å². The van der Waals surface area contributed by atoms with Gasteiger partial charge in [0, 0.05) is 6.42 Å². The monoisotopic (exact) mass is 362 g/mol. The van der Waals surface area contributed by atoms with E-state index in [1.165, 1.54) is 0 Å². The summed E-state index contributed by atoms with van der Waals surface area (Å²) in [5, 5.41) is 0. The zero-order chi connectivity index (χ0) is 19.5. The van der Waals surface area contributed by atoms with E-state index in [4.69, 9.17) is 15.9 Å². The van der Waals surface area contributed by atoms with Crippen LogP contribution in [0.1, 0.15) is 33.6 Å². The van der Waals surface area contributed by atoms with Crippen molar-refractivity contribution in [3.63, 3.8) is 0 Å². The maximum Gasteiger partial charge on any atom is 0.338 e. The molecule has 4 nitrogen and oxygen atoms in total. The molecule has 2 aromatic rings. The highest BCUT2D eigenvalue weighted by Crippen LogP contribution is 2.29. The summed E-state index contributed by atoms with van der Waals surface area (Å²) in [7, 11) is 0. The van der Waals surface area contributed by atoms with Crippen LogP contribution in [0.5, 0.6) is 0 Å². The zero-order valence-electron chi connectivity index (χ0n) is 15.1. The van der Waals surface area contributed by atoms with Gasteiger partial charge < -0.3 is 9.47 Å². The Hall–Kier alpha value is -3.32. The summed E-state index contributed by atoms with van der Waals surface area (Å²) in [6.07, 6.45) is 7.93. The van der Waals surface area contributed by atoms with E-state index in [-0.39, 0.29) is 19.6 Å². The Morgan fingerprint density at radius 1 is 0.926 bits per heavy atom. The number of carbonyl (C=O) groups is 2. The average Bonchev–Trinajstić information content (AvgIpc) is 2.72. The van der Waals surface area contributed by atoms with Gasteiger partial charge in [-0.1, -0.05) is 42.5 Å². The molecule has 0 radical (unpaired) electrons. The van der Waals surface area contributed by atoms with Crippen molar-refractivity contribution in [1.82, 2.24) is 0 Å². The number of allylic oxidation sites excluding steroid dienone is 1. The highest BCUT2D eigenvalue weighted by Gasteiger charge is 2.32. The summed E-state index contributed by atoms with van der Waals surface area (Å²) in [5.74, 6) is 1.69. The summed E-state index contributed by atoms with van der Waals surface area (Å²) in [6.45, 7) is 3.80. The van der Waals surface area contributed by atoms with Gasteiger partial charge in [-0.25, -0.2) is 9.59 Å². The van der Waals surface area contributed by atoms with Crippen molar-refractivity contribution in [1.29, 1.82) is 0 Å². The maximum absolute atomic E-state index is 12.3. The second-order valence-corrected chi connectivity index (χ2v) is 6.26. The summed E-state index contributed by atoms with van der Waals surface area (Å²) in [6, 6.07) is 17.4. The normalized spacial score (nSPS) is 10.5. The van der Waals surface area contributed by atoms with Gasteiger partial charge in [0.05, 0.1) is 16.5 Å². The first-order valence-corrected chi connectivity index (χ1v) is 8.59. The lowest BCUT2D eigenvalue weighted by Crippen LogP contribution is -2.34. The molecule has 0 saturated heterocycles. The predicted molar refractivity (Wildman–Crippen MR) is 104 cm³/mol. The molecule has 0 fully saturated rings. The minimum Gasteiger partial charge on any atom is -0.461 e. The van der Waals surface area contributed by atoms with Crippen molar-refractivity contribution in [2.75, 3.05) is 13.2 Å². The molecule has 0 spiro atoms. The van der Waals surface area contributed by atoms with E-state index in [2.05, 4.69) is 12.5 Å². The van der Waals surface area contributed by atoms with Crippen molar-refractivity contribution in [3.05, 3.63) is 84.4 Å². The lowest BCUT2D eigenvalue weighted by atomic mass is 9.83. The number of terminal acetylenes is 1. The molecule has 0 atom stereocenters. The molecular formula is C23H22O4. The summed E-state index contributed by atoms with van der Waals surface area (Å²) in [4.78, 5) is 24.5. The number of ether oxygens (including phenoxy) is 2. The fourth-order valence-corrected chi connectivity index (χ4v) is 2.61. The zero-order valence-corrected chi connectivity index (χ0v) is 15.1. The second-order valence-electron chi connectivity index (χ2n) is 6.26. The SMILES string of the molecule is C#CCC(CC=C)(COC(=O)c1ccccc1)COC(=O)c1ccccc1. The average molecular weight is 362 g/mol. The fourth-order valence-electron chi connectivity index (χ4n) is 2.61. The molecule has 2 rings (SSSR count). The highest BCUT2D eigenvalue weighted by molar-refractivity contribution is 5.89. The molecule has 0 aliphatic rings. The van der Waals surface area contributed by atoms with Gasteiger partial charge >= 0.3 is 11.9 Å². The Labute approximate surface area is 159 Å². The molecule has 0 N–H and O–H groups in total. The van der Waals surface area contributed by atoms with Gasteiger partial charge in [-0.05, 0) is 30.7 Å². The van der Waals surface area contributed by atoms with Crippen LogP contribution in [0.3, 0.4) is 0 Å². The van der Waals surface area contributed by atoms with Crippen LogP contribution in [0.15, 0.2) is 73.3 Å². The van der Waals surface area contributed by atoms with Gasteiger partial charge in [0.25, 0.3) is 0 Å². The Morgan fingerprint density at radius 3 is 1.74 bits per heavy atom. The number of esters is 2. The van der Waals surface area contributed by atoms with Gasteiger partial charge in [0.15, 0.2) is 0 Å². The Bertz CT molecular complexity index is 748. The van der Waals surface area contributed by atoms with Crippen LogP contribution < -0.4 is 0 Å². The Balaban J connectivity index is 2.07. The lowest BCUT2D eigenvalue weighted by Gasteiger charge is -2.30. The van der Waals surface area contributed by atoms with Crippen molar-refractivity contribution in [3.8, 4) is 12.3 Å². The van der Waals surface area contributed by atoms with E-state index in [0.717, 1.165) is 0 Å². The fraction of sp³-hybridized carbons (Fsp3) is 0.217. The topological polar surface area (TPSA) is 52.6 Å². The first-order chi connectivity index (χ1) is 13.1. The first-order valence-electron chi connectivity index (χ1n) is 8.59. The van der Waals surface area contributed by atoms with Crippen LogP contribution in [0.4, 0.5) is 0 Å². The Morgan fingerprint density at radius 2 is 1.37 bits per heavy atom. The molecule has 0 saturated carbocycles. The van der Waals surface area contributed by atoms with Crippen LogP contribution in [-0.2, 0) is 9.47 Å². The third-order valence-corrected chi connectivity index (χ3v) is 4.09. The molecule has 4 heteroatoms. The molecule has 0 aliphatic heterocycles. The van der Waals surface area contributed by atoms with Crippen molar-refractivity contribution >= 4 is 11.9 Å². The number of benzene rings is 2. The molecule has 138 valence electrons. The van der Waals surface area contributed by atoms with Crippen molar-refractivity contribution in [2.24, 2.45) is 5.41 Å². The molecule has 0 amide bonds. The predicted octanol–water partition coefficient (Wildman–Crippen LogP) is 4.29. The third kappa shape index (κ3) is 5.86. The standard InChI is InChI=1S/C23H22O4/c1-3-15-23(16-4-2,17-26-21(24)19-11-7-5-8-12-19)18-27-22(25)20-13-9-6-10-14-20/h1,4-14H,2,15-18H2. The van der Waals surface area contributed by atoms with Crippen LogP contribution >= 0.6 is 0 Å². The Kier molecular flexibility index (Phi) is 7.39. The van der Waals surface area contributed by atoms with Gasteiger partial charge in [-0.15, -0.1) is 18.9 Å². The minimum absolute atomic E-state index is 0.0268. The van der Waals surface area contributed by atoms with E-state index in [1.807, 2.05) is 12.1 Å². The van der Waals surface area contributed by atoms with Gasteiger partial charge in [-0.3, -0.25) is 0 Å². The van der Waals surface area contributed by atoms with Gasteiger partial charge in [-0.2, -0.15) is 0 Å². The number of carbonyl (C=O) groups excluding carboxylic acids is 2. The first kappa shape index (κ1) is 20.0. The molecule has 2 aromatic carbocycles. The number of rotatable bonds is 9. The summed E-state index contributed by atoms with van der Waals surface area (Å²) >= 11 is 0. The smallest absolute Gasteiger partial charge is 0.338 e. The minimum atomic E-state index is -0.717. The van der Waals surface area contributed by atoms with Crippen molar-refractivity contribution < 1.29 is 19.1 Å². The van der Waals surface area contributed by atoms with Crippen LogP contribution in [-0.4, -0.2) is 25.2 Å². The van der Waals surface area contributed by atoms with E-state index in [1.54, 1.807) is 54.6 Å². The van der Waals surface area contributed by atoms with Crippen molar-refractivity contribution in [2.45, 2.75) is 12.8 Å². The maximum atomic E-state index is 12.3. The van der Waals surface area contributed by atoms with Crippen LogP contribution in [0.25, 0.3) is 0 Å². The third-order valence-electron chi connectivity index (χ3n) is 4.09. The van der Waals surface area contributed by atoms with E-state index < -0.39 is 17.4 Å². The van der Waals surface area contributed by atoms with E-state index >= 15 is 0 Å². The second kappa shape index (κ2) is 9.98. The summed E-state index contributed by atoms with van der Waals surface area (Å²) < 4.78 is 10.9. The number of hydrogen-bond donors (Lipinski definition) is 0. The molecule has 0 bridgehead atoms. The molecular weight excluding hydrogens is 340 g/mol. The quantitative estimate of drug-likeness (QED) is 0.379. The molecule has 0 heterocycles. The van der Waals surface area contributed by atoms with Crippen LogP contribution in [0, 0.1) is 17.8 Å². The van der Waals surface area contributed by atoms with Crippen LogP contribution in [0.2, 0.25) is 0 Å². The number of hydrogen-bond acceptors (Lipinski definition) is 4. The molecule has 0 aliphatic carbocycles. The molecule has 0 aromatic heterocycles. The lowest BCUT2D eigenvalue weighted by molar-refractivity contribution is -0.00312. The largest absolute Gasteiger partial charge is 0.461 e. The highest BCUT2D eigenvalue weighted by atomic mass is 16.5. The van der Waals surface area contributed by atoms with E-state index in [9.17, 15) is 9.59 Å². The van der Waals surface area contributed by atoms with Gasteiger partial charge in [0.1, 0.15) is 13.2 Å². The molecule has 27 heavy (non-hydrogen) atoms. The summed E-state index contributed by atoms with van der Waals surface area (Å²) in [5.41, 5.74) is 0.185. The van der Waals surface area contributed by atoms with Gasteiger partial charge in [0.2, 0.25) is 0 Å². The molecule has 0 unspecified atom stereocenters.